The number of carbonyl (C=O) groups is 1. The molecular weight excluding hydrogens is 250 g/mol. The summed E-state index contributed by atoms with van der Waals surface area (Å²) >= 11 is 0. The Morgan fingerprint density at radius 1 is 1.45 bits per heavy atom. The number of anilines is 1. The lowest BCUT2D eigenvalue weighted by atomic mass is 9.91. The second-order valence-corrected chi connectivity index (χ2v) is 5.79. The molecule has 1 aromatic rings. The first kappa shape index (κ1) is 15.0. The summed E-state index contributed by atoms with van der Waals surface area (Å²) in [5, 5.41) is 2.97. The van der Waals surface area contributed by atoms with Gasteiger partial charge in [-0.05, 0) is 44.4 Å². The van der Waals surface area contributed by atoms with Gasteiger partial charge in [-0.25, -0.2) is 0 Å². The predicted molar refractivity (Wildman–Crippen MR) is 82.5 cm³/mol. The van der Waals surface area contributed by atoms with E-state index in [1.165, 1.54) is 0 Å². The smallest absolute Gasteiger partial charge is 0.241 e. The van der Waals surface area contributed by atoms with Crippen LogP contribution in [0.25, 0.3) is 0 Å². The number of nitrogens with two attached hydrogens (primary N) is 1. The Balaban J connectivity index is 1.99. The van der Waals surface area contributed by atoms with Crippen molar-refractivity contribution in [1.82, 2.24) is 4.90 Å². The molecule has 20 heavy (non-hydrogen) atoms. The minimum Gasteiger partial charge on any atom is -0.329 e. The van der Waals surface area contributed by atoms with E-state index < -0.39 is 0 Å². The number of amides is 1. The van der Waals surface area contributed by atoms with Gasteiger partial charge in [-0.3, -0.25) is 9.69 Å². The SMILES string of the molecule is CC1CCN(C(C)C(=O)Nc2ccccc2)C(CN)C1. The average Bonchev–Trinajstić information content (AvgIpc) is 2.47. The standard InChI is InChI=1S/C16H25N3O/c1-12-8-9-19(15(10-12)11-17)13(2)16(20)18-14-6-4-3-5-7-14/h3-7,12-13,15H,8-11,17H2,1-2H3,(H,18,20). The summed E-state index contributed by atoms with van der Waals surface area (Å²) in [6.45, 7) is 5.80. The highest BCUT2D eigenvalue weighted by Gasteiger charge is 2.31. The van der Waals surface area contributed by atoms with Gasteiger partial charge in [0, 0.05) is 18.3 Å². The van der Waals surface area contributed by atoms with E-state index in [1.54, 1.807) is 0 Å². The first-order chi connectivity index (χ1) is 9.61. The van der Waals surface area contributed by atoms with Gasteiger partial charge in [0.2, 0.25) is 5.91 Å². The molecule has 3 atom stereocenters. The Morgan fingerprint density at radius 2 is 2.15 bits per heavy atom. The normalized spacial score (nSPS) is 25.1. The van der Waals surface area contributed by atoms with Crippen LogP contribution in [0.2, 0.25) is 0 Å². The number of rotatable bonds is 4. The quantitative estimate of drug-likeness (QED) is 0.884. The number of benzene rings is 1. The molecule has 0 radical (unpaired) electrons. The van der Waals surface area contributed by atoms with Gasteiger partial charge < -0.3 is 11.1 Å². The number of carbonyl (C=O) groups excluding carboxylic acids is 1. The van der Waals surface area contributed by atoms with Crippen LogP contribution in [-0.4, -0.2) is 36.0 Å². The fraction of sp³-hybridized carbons (Fsp3) is 0.562. The van der Waals surface area contributed by atoms with Crippen molar-refractivity contribution < 1.29 is 4.79 Å². The molecular formula is C16H25N3O. The van der Waals surface area contributed by atoms with Crippen LogP contribution in [0.3, 0.4) is 0 Å². The highest BCUT2D eigenvalue weighted by molar-refractivity contribution is 5.94. The summed E-state index contributed by atoms with van der Waals surface area (Å²) in [4.78, 5) is 14.6. The van der Waals surface area contributed by atoms with Crippen LogP contribution in [0.4, 0.5) is 5.69 Å². The predicted octanol–water partition coefficient (Wildman–Crippen LogP) is 2.07. The molecule has 0 spiro atoms. The minimum absolute atomic E-state index is 0.0456. The zero-order chi connectivity index (χ0) is 14.5. The van der Waals surface area contributed by atoms with Crippen molar-refractivity contribution in [3.05, 3.63) is 30.3 Å². The van der Waals surface area contributed by atoms with E-state index in [2.05, 4.69) is 17.1 Å². The number of hydrogen-bond donors (Lipinski definition) is 2. The molecule has 1 aliphatic rings. The van der Waals surface area contributed by atoms with Crippen molar-refractivity contribution in [2.75, 3.05) is 18.4 Å². The molecule has 0 aromatic heterocycles. The molecule has 1 aliphatic heterocycles. The van der Waals surface area contributed by atoms with E-state index in [-0.39, 0.29) is 11.9 Å². The maximum absolute atomic E-state index is 12.4. The topological polar surface area (TPSA) is 58.4 Å². The van der Waals surface area contributed by atoms with Crippen LogP contribution in [0.5, 0.6) is 0 Å². The van der Waals surface area contributed by atoms with Crippen LogP contribution in [0, 0.1) is 5.92 Å². The van der Waals surface area contributed by atoms with Crippen molar-refractivity contribution >= 4 is 11.6 Å². The molecule has 1 aromatic carbocycles. The van der Waals surface area contributed by atoms with Gasteiger partial charge in [-0.1, -0.05) is 25.1 Å². The van der Waals surface area contributed by atoms with Gasteiger partial charge in [0.1, 0.15) is 0 Å². The third-order valence-electron chi connectivity index (χ3n) is 4.21. The van der Waals surface area contributed by atoms with Crippen molar-refractivity contribution in [2.45, 2.75) is 38.8 Å². The fourth-order valence-corrected chi connectivity index (χ4v) is 2.93. The van der Waals surface area contributed by atoms with Gasteiger partial charge in [0.05, 0.1) is 6.04 Å². The highest BCUT2D eigenvalue weighted by atomic mass is 16.2. The molecule has 4 nitrogen and oxygen atoms in total. The Hall–Kier alpha value is -1.39. The molecule has 3 unspecified atom stereocenters. The molecule has 1 fully saturated rings. The molecule has 3 N–H and O–H groups in total. The van der Waals surface area contributed by atoms with Gasteiger partial charge >= 0.3 is 0 Å². The van der Waals surface area contributed by atoms with Crippen LogP contribution in [0.1, 0.15) is 26.7 Å². The lowest BCUT2D eigenvalue weighted by Gasteiger charge is -2.41. The first-order valence-electron chi connectivity index (χ1n) is 7.43. The summed E-state index contributed by atoms with van der Waals surface area (Å²) in [6.07, 6.45) is 2.22. The number of para-hydroxylation sites is 1. The summed E-state index contributed by atoms with van der Waals surface area (Å²) in [5.74, 6) is 0.744. The zero-order valence-electron chi connectivity index (χ0n) is 12.4. The third kappa shape index (κ3) is 3.58. The molecule has 0 aliphatic carbocycles. The molecule has 1 amide bonds. The second kappa shape index (κ2) is 6.86. The van der Waals surface area contributed by atoms with Crippen molar-refractivity contribution in [3.8, 4) is 0 Å². The number of hydrogen-bond acceptors (Lipinski definition) is 3. The Kier molecular flexibility index (Phi) is 5.15. The van der Waals surface area contributed by atoms with Gasteiger partial charge in [-0.2, -0.15) is 0 Å². The maximum Gasteiger partial charge on any atom is 0.241 e. The molecule has 4 heteroatoms. The first-order valence-corrected chi connectivity index (χ1v) is 7.43. The summed E-state index contributed by atoms with van der Waals surface area (Å²) in [5.41, 5.74) is 6.72. The summed E-state index contributed by atoms with van der Waals surface area (Å²) < 4.78 is 0. The minimum atomic E-state index is -0.142. The number of likely N-dealkylation sites (tertiary alicyclic amines) is 1. The zero-order valence-corrected chi connectivity index (χ0v) is 12.4. The van der Waals surface area contributed by atoms with E-state index >= 15 is 0 Å². The molecule has 1 heterocycles. The number of nitrogens with one attached hydrogen (secondary N) is 1. The monoisotopic (exact) mass is 275 g/mol. The lowest BCUT2D eigenvalue weighted by Crippen LogP contribution is -2.53. The van der Waals surface area contributed by atoms with Gasteiger partial charge in [-0.15, -0.1) is 0 Å². The third-order valence-corrected chi connectivity index (χ3v) is 4.21. The van der Waals surface area contributed by atoms with E-state index in [1.807, 2.05) is 37.3 Å². The molecule has 2 rings (SSSR count). The summed E-state index contributed by atoms with van der Waals surface area (Å²) in [7, 11) is 0. The Morgan fingerprint density at radius 3 is 2.80 bits per heavy atom. The fourth-order valence-electron chi connectivity index (χ4n) is 2.93. The molecule has 0 saturated carbocycles. The highest BCUT2D eigenvalue weighted by Crippen LogP contribution is 2.24. The molecule has 110 valence electrons. The van der Waals surface area contributed by atoms with Crippen molar-refractivity contribution in [2.24, 2.45) is 11.7 Å². The van der Waals surface area contributed by atoms with Crippen LogP contribution in [0.15, 0.2) is 30.3 Å². The maximum atomic E-state index is 12.4. The van der Waals surface area contributed by atoms with Gasteiger partial charge in [0.25, 0.3) is 0 Å². The van der Waals surface area contributed by atoms with Crippen molar-refractivity contribution in [1.29, 1.82) is 0 Å². The lowest BCUT2D eigenvalue weighted by molar-refractivity contribution is -0.122. The van der Waals surface area contributed by atoms with Crippen LogP contribution >= 0.6 is 0 Å². The second-order valence-electron chi connectivity index (χ2n) is 5.79. The number of piperidine rings is 1. The largest absolute Gasteiger partial charge is 0.329 e. The molecule has 0 bridgehead atoms. The van der Waals surface area contributed by atoms with E-state index in [0.29, 0.717) is 18.5 Å². The van der Waals surface area contributed by atoms with Crippen LogP contribution in [-0.2, 0) is 4.79 Å². The number of nitrogens with zero attached hydrogens (tertiary/aromatic N) is 1. The van der Waals surface area contributed by atoms with Gasteiger partial charge in [0.15, 0.2) is 0 Å². The molecule has 1 saturated heterocycles. The van der Waals surface area contributed by atoms with E-state index in [0.717, 1.165) is 25.1 Å². The average molecular weight is 275 g/mol. The Labute approximate surface area is 121 Å². The summed E-state index contributed by atoms with van der Waals surface area (Å²) in [6, 6.07) is 9.77. The van der Waals surface area contributed by atoms with E-state index in [9.17, 15) is 4.79 Å². The van der Waals surface area contributed by atoms with E-state index in [4.69, 9.17) is 5.73 Å². The Bertz CT molecular complexity index is 435. The van der Waals surface area contributed by atoms with Crippen molar-refractivity contribution in [3.63, 3.8) is 0 Å². The van der Waals surface area contributed by atoms with Crippen LogP contribution < -0.4 is 11.1 Å².